The molecule has 0 aromatic heterocycles. The Balaban J connectivity index is 4.25. The highest BCUT2D eigenvalue weighted by Gasteiger charge is 2.19. The summed E-state index contributed by atoms with van der Waals surface area (Å²) in [5.41, 5.74) is 0. The number of hydrogen-bond acceptors (Lipinski definition) is 6. The largest absolute Gasteiger partial charge is 0.462 e. The van der Waals surface area contributed by atoms with Gasteiger partial charge in [-0.1, -0.05) is 279 Å². The summed E-state index contributed by atoms with van der Waals surface area (Å²) >= 11 is 0. The van der Waals surface area contributed by atoms with Crippen molar-refractivity contribution in [3.63, 3.8) is 0 Å². The minimum Gasteiger partial charge on any atom is -0.462 e. The van der Waals surface area contributed by atoms with E-state index >= 15 is 0 Å². The average Bonchev–Trinajstić information content (AvgIpc) is 3.43. The third-order valence-electron chi connectivity index (χ3n) is 14.4. The lowest BCUT2D eigenvalue weighted by molar-refractivity contribution is -0.167. The first-order valence-corrected chi connectivity index (χ1v) is 33.1. The van der Waals surface area contributed by atoms with E-state index in [1.165, 1.54) is 180 Å². The molecule has 0 aliphatic heterocycles. The lowest BCUT2D eigenvalue weighted by Crippen LogP contribution is -2.30. The second-order valence-electron chi connectivity index (χ2n) is 22.0. The molecule has 1 atom stereocenters. The summed E-state index contributed by atoms with van der Waals surface area (Å²) in [5.74, 6) is -0.941. The van der Waals surface area contributed by atoms with Gasteiger partial charge in [0.25, 0.3) is 0 Å². The molecule has 6 nitrogen and oxygen atoms in total. The van der Waals surface area contributed by atoms with E-state index in [1.807, 2.05) is 0 Å². The fourth-order valence-electron chi connectivity index (χ4n) is 9.40. The van der Waals surface area contributed by atoms with Crippen LogP contribution in [0, 0.1) is 0 Å². The highest BCUT2D eigenvalue weighted by molar-refractivity contribution is 5.71. The minimum absolute atomic E-state index is 0.0960. The van der Waals surface area contributed by atoms with Gasteiger partial charge in [0.2, 0.25) is 0 Å². The molecule has 0 radical (unpaired) electrons. The van der Waals surface area contributed by atoms with Crippen molar-refractivity contribution in [2.45, 2.75) is 335 Å². The summed E-state index contributed by atoms with van der Waals surface area (Å²) in [4.78, 5) is 38.3. The van der Waals surface area contributed by atoms with Crippen molar-refractivity contribution in [2.24, 2.45) is 0 Å². The predicted molar refractivity (Wildman–Crippen MR) is 334 cm³/mol. The van der Waals surface area contributed by atoms with Gasteiger partial charge in [0, 0.05) is 19.3 Å². The van der Waals surface area contributed by atoms with Crippen LogP contribution >= 0.6 is 0 Å². The zero-order valence-corrected chi connectivity index (χ0v) is 51.0. The van der Waals surface area contributed by atoms with Gasteiger partial charge in [-0.05, 0) is 116 Å². The molecule has 0 aliphatic carbocycles. The fraction of sp³-hybridized carbons (Fsp3) is 0.761. The third kappa shape index (κ3) is 63.3. The van der Waals surface area contributed by atoms with Crippen LogP contribution in [0.1, 0.15) is 329 Å². The quantitative estimate of drug-likeness (QED) is 0.0261. The molecular formula is C71H124O6. The maximum Gasteiger partial charge on any atom is 0.306 e. The minimum atomic E-state index is -0.805. The number of carbonyl (C=O) groups excluding carboxylic acids is 3. The number of esters is 3. The van der Waals surface area contributed by atoms with Gasteiger partial charge in [0.1, 0.15) is 13.2 Å². The topological polar surface area (TPSA) is 78.9 Å². The number of unbranched alkanes of at least 4 members (excludes halogenated alkanes) is 35. The van der Waals surface area contributed by atoms with Gasteiger partial charge in [-0.3, -0.25) is 14.4 Å². The molecule has 0 aromatic rings. The summed E-state index contributed by atoms with van der Waals surface area (Å²) in [6, 6.07) is 0. The van der Waals surface area contributed by atoms with Crippen LogP contribution in [-0.4, -0.2) is 37.2 Å². The van der Waals surface area contributed by atoms with E-state index < -0.39 is 6.10 Å². The monoisotopic (exact) mass is 1070 g/mol. The molecule has 0 bridgehead atoms. The Hall–Kier alpha value is -3.41. The Labute approximate surface area is 477 Å². The summed E-state index contributed by atoms with van der Waals surface area (Å²) in [6.45, 7) is 6.48. The van der Waals surface area contributed by atoms with Crippen molar-refractivity contribution in [1.82, 2.24) is 0 Å². The molecule has 0 amide bonds. The highest BCUT2D eigenvalue weighted by atomic mass is 16.6. The number of hydrogen-bond donors (Lipinski definition) is 0. The highest BCUT2D eigenvalue weighted by Crippen LogP contribution is 2.17. The molecular weight excluding hydrogens is 949 g/mol. The number of ether oxygens (including phenoxy) is 3. The Bertz CT molecular complexity index is 1470. The lowest BCUT2D eigenvalue weighted by Gasteiger charge is -2.18. The van der Waals surface area contributed by atoms with Gasteiger partial charge in [-0.15, -0.1) is 0 Å². The van der Waals surface area contributed by atoms with E-state index in [-0.39, 0.29) is 37.5 Å². The summed E-state index contributed by atoms with van der Waals surface area (Å²) in [5, 5.41) is 0. The van der Waals surface area contributed by atoms with Crippen LogP contribution in [0.15, 0.2) is 85.1 Å². The summed E-state index contributed by atoms with van der Waals surface area (Å²) in [7, 11) is 0. The molecule has 0 rings (SSSR count). The molecule has 6 heteroatoms. The molecule has 0 saturated heterocycles. The number of allylic oxidation sites excluding steroid dienone is 14. The average molecular weight is 1070 g/mol. The Morgan fingerprint density at radius 3 is 0.857 bits per heavy atom. The normalized spacial score (nSPS) is 12.6. The van der Waals surface area contributed by atoms with E-state index in [0.717, 1.165) is 103 Å². The predicted octanol–water partition coefficient (Wildman–Crippen LogP) is 22.7. The first-order valence-electron chi connectivity index (χ1n) is 33.1. The maximum absolute atomic E-state index is 12.9. The van der Waals surface area contributed by atoms with Crippen molar-refractivity contribution in [3.05, 3.63) is 85.1 Å². The van der Waals surface area contributed by atoms with E-state index in [4.69, 9.17) is 14.2 Å². The maximum atomic E-state index is 12.9. The first-order chi connectivity index (χ1) is 38.0. The van der Waals surface area contributed by atoms with Gasteiger partial charge < -0.3 is 14.2 Å². The van der Waals surface area contributed by atoms with Crippen LogP contribution in [0.2, 0.25) is 0 Å². The van der Waals surface area contributed by atoms with E-state index in [1.54, 1.807) is 0 Å². The van der Waals surface area contributed by atoms with Gasteiger partial charge in [-0.25, -0.2) is 0 Å². The lowest BCUT2D eigenvalue weighted by atomic mass is 10.0. The Morgan fingerprint density at radius 1 is 0.273 bits per heavy atom. The molecule has 0 aliphatic rings. The smallest absolute Gasteiger partial charge is 0.306 e. The van der Waals surface area contributed by atoms with E-state index in [2.05, 4.69) is 106 Å². The summed E-state index contributed by atoms with van der Waals surface area (Å²) < 4.78 is 16.9. The summed E-state index contributed by atoms with van der Waals surface area (Å²) in [6.07, 6.45) is 86.1. The van der Waals surface area contributed by atoms with Crippen LogP contribution in [0.25, 0.3) is 0 Å². The first kappa shape index (κ1) is 73.6. The molecule has 77 heavy (non-hydrogen) atoms. The molecule has 0 fully saturated rings. The zero-order valence-electron chi connectivity index (χ0n) is 51.0. The van der Waals surface area contributed by atoms with Crippen LogP contribution in [0.5, 0.6) is 0 Å². The van der Waals surface area contributed by atoms with Gasteiger partial charge in [-0.2, -0.15) is 0 Å². The molecule has 0 aromatic carbocycles. The van der Waals surface area contributed by atoms with Gasteiger partial charge in [0.05, 0.1) is 0 Å². The molecule has 0 saturated carbocycles. The van der Waals surface area contributed by atoms with E-state index in [0.29, 0.717) is 19.3 Å². The molecule has 0 heterocycles. The van der Waals surface area contributed by atoms with Crippen molar-refractivity contribution in [1.29, 1.82) is 0 Å². The Kier molecular flexibility index (Phi) is 62.2. The van der Waals surface area contributed by atoms with Crippen molar-refractivity contribution in [2.75, 3.05) is 13.2 Å². The van der Waals surface area contributed by atoms with Crippen molar-refractivity contribution in [3.8, 4) is 0 Å². The number of rotatable bonds is 60. The molecule has 0 N–H and O–H groups in total. The van der Waals surface area contributed by atoms with E-state index in [9.17, 15) is 14.4 Å². The van der Waals surface area contributed by atoms with Gasteiger partial charge >= 0.3 is 17.9 Å². The van der Waals surface area contributed by atoms with Crippen molar-refractivity contribution >= 4 is 17.9 Å². The molecule has 444 valence electrons. The molecule has 0 spiro atoms. The third-order valence-corrected chi connectivity index (χ3v) is 14.4. The van der Waals surface area contributed by atoms with Crippen LogP contribution in [0.3, 0.4) is 0 Å². The van der Waals surface area contributed by atoms with Gasteiger partial charge in [0.15, 0.2) is 6.10 Å². The van der Waals surface area contributed by atoms with Crippen molar-refractivity contribution < 1.29 is 28.6 Å². The van der Waals surface area contributed by atoms with Crippen LogP contribution in [0.4, 0.5) is 0 Å². The Morgan fingerprint density at radius 2 is 0.506 bits per heavy atom. The fourth-order valence-corrected chi connectivity index (χ4v) is 9.40. The van der Waals surface area contributed by atoms with Crippen LogP contribution in [-0.2, 0) is 28.6 Å². The molecule has 1 unspecified atom stereocenters. The van der Waals surface area contributed by atoms with Crippen LogP contribution < -0.4 is 0 Å². The SMILES string of the molecule is CC/C=C\C/C=C\C/C=C\C/C=C\CCCCC(=O)OC(COC(=O)CCCCCCC/C=C\C/C=C\CCCCC)COC(=O)CCCCCCCCCCCCCCCCCCC/C=C\CCCCCCCCCC. The second-order valence-corrected chi connectivity index (χ2v) is 22.0. The number of carbonyl (C=O) groups is 3. The zero-order chi connectivity index (χ0) is 55.7. The second kappa shape index (κ2) is 65.1. The standard InChI is InChI=1S/C71H124O6/c1-4-7-10-13-16-19-22-25-28-29-30-31-32-33-34-35-36-37-38-39-40-41-44-46-49-52-55-58-61-64-70(73)76-67-68(77-71(74)65-62-59-56-53-50-47-43-27-24-21-18-15-12-9-6-3)66-75-69(72)63-60-57-54-51-48-45-42-26-23-20-17-14-11-8-5-2/h9,12,17-18,20-21,26-27,29-30,42-43,50,53,68H,4-8,10-11,13-16,19,22-25,28,31-41,44-49,51-52,54-67H2,1-3H3/b12-9-,20-17-,21-18-,30-29-,42-26-,43-27-,53-50-.